The molecule has 272 valence electrons. The molecule has 1 N–H and O–H groups in total. The molecule has 3 nitrogen and oxygen atoms in total. The Bertz CT molecular complexity index is 3260. The molecule has 0 amide bonds. The number of nitrogens with one attached hydrogen (secondary N) is 1. The molecule has 0 spiro atoms. The summed E-state index contributed by atoms with van der Waals surface area (Å²) in [6.07, 6.45) is 16.6. The van der Waals surface area contributed by atoms with E-state index in [-0.39, 0.29) is 11.5 Å². The van der Waals surface area contributed by atoms with Gasteiger partial charge in [0.05, 0.1) is 28.1 Å². The van der Waals surface area contributed by atoms with Gasteiger partial charge in [-0.15, -0.1) is 0 Å². The number of anilines is 3. The van der Waals surface area contributed by atoms with Crippen LogP contribution in [0, 0.1) is 17.3 Å². The predicted molar refractivity (Wildman–Crippen MR) is 240 cm³/mol. The lowest BCUT2D eigenvalue weighted by molar-refractivity contribution is 0.458. The number of nitrogens with zero attached hydrogens (tertiary/aromatic N) is 2. The molecule has 4 unspecified atom stereocenters. The van der Waals surface area contributed by atoms with Crippen LogP contribution in [-0.4, -0.2) is 10.4 Å². The molecule has 57 heavy (non-hydrogen) atoms. The number of aromatic nitrogens is 1. The second-order valence-electron chi connectivity index (χ2n) is 16.5. The molecular weight excluding hydrogens is 691 g/mol. The van der Waals surface area contributed by atoms with Crippen LogP contribution >= 0.6 is 0 Å². The van der Waals surface area contributed by atoms with E-state index in [0.29, 0.717) is 11.8 Å². The maximum absolute atomic E-state index is 4.15. The number of allylic oxidation sites excluding steroid dienone is 5. The lowest BCUT2D eigenvalue weighted by atomic mass is 9.70. The Kier molecular flexibility index (Phi) is 6.73. The summed E-state index contributed by atoms with van der Waals surface area (Å²) in [5.41, 5.74) is 13.6. The average molecular weight is 732 g/mol. The first-order valence-corrected chi connectivity index (χ1v) is 20.2. The Morgan fingerprint density at radius 2 is 1.42 bits per heavy atom. The van der Waals surface area contributed by atoms with Gasteiger partial charge in [0.15, 0.2) is 0 Å². The van der Waals surface area contributed by atoms with E-state index in [1.807, 2.05) is 6.08 Å². The van der Waals surface area contributed by atoms with Crippen LogP contribution in [0.15, 0.2) is 182 Å². The van der Waals surface area contributed by atoms with Gasteiger partial charge in [-0.05, 0) is 82.5 Å². The van der Waals surface area contributed by atoms with Gasteiger partial charge in [-0.1, -0.05) is 153 Å². The quantitative estimate of drug-likeness (QED) is 0.190. The summed E-state index contributed by atoms with van der Waals surface area (Å²) in [6, 6.07) is 48.8. The molecule has 3 heteroatoms. The van der Waals surface area contributed by atoms with Gasteiger partial charge in [-0.25, -0.2) is 0 Å². The van der Waals surface area contributed by atoms with Crippen molar-refractivity contribution in [3.8, 4) is 0 Å². The molecule has 0 radical (unpaired) electrons. The number of hydrogen-bond acceptors (Lipinski definition) is 2. The van der Waals surface area contributed by atoms with E-state index >= 15 is 0 Å². The van der Waals surface area contributed by atoms with Crippen LogP contribution < -0.4 is 20.8 Å². The molecule has 6 aromatic carbocycles. The fraction of sp³-hybridized carbons (Fsp3) is 0.111. The van der Waals surface area contributed by atoms with Crippen LogP contribution in [0.3, 0.4) is 0 Å². The average Bonchev–Trinajstić information content (AvgIpc) is 3.88. The molecule has 0 bridgehead atoms. The van der Waals surface area contributed by atoms with E-state index < -0.39 is 0 Å². The number of rotatable bonds is 5. The molecule has 12 rings (SSSR count). The molecule has 3 heterocycles. The van der Waals surface area contributed by atoms with Crippen molar-refractivity contribution in [3.63, 3.8) is 0 Å². The van der Waals surface area contributed by atoms with E-state index in [1.165, 1.54) is 76.5 Å². The third kappa shape index (κ3) is 4.48. The van der Waals surface area contributed by atoms with Crippen LogP contribution in [0.25, 0.3) is 61.3 Å². The first-order valence-electron chi connectivity index (χ1n) is 20.2. The van der Waals surface area contributed by atoms with Crippen LogP contribution in [0.1, 0.15) is 25.0 Å². The van der Waals surface area contributed by atoms with Crippen LogP contribution in [0.5, 0.6) is 0 Å². The van der Waals surface area contributed by atoms with Gasteiger partial charge in [0.2, 0.25) is 0 Å². The minimum atomic E-state index is -0.159. The van der Waals surface area contributed by atoms with E-state index in [1.54, 1.807) is 0 Å². The lowest BCUT2D eigenvalue weighted by Crippen LogP contribution is -2.40. The monoisotopic (exact) mass is 731 g/mol. The van der Waals surface area contributed by atoms with Gasteiger partial charge in [-0.3, -0.25) is 0 Å². The van der Waals surface area contributed by atoms with Crippen molar-refractivity contribution >= 4 is 78.3 Å². The Hall–Kier alpha value is -6.84. The van der Waals surface area contributed by atoms with Gasteiger partial charge in [0, 0.05) is 55.2 Å². The van der Waals surface area contributed by atoms with Gasteiger partial charge >= 0.3 is 0 Å². The molecule has 3 aliphatic carbocycles. The number of para-hydroxylation sites is 2. The van der Waals surface area contributed by atoms with Crippen molar-refractivity contribution in [2.45, 2.75) is 19.9 Å². The third-order valence-corrected chi connectivity index (χ3v) is 13.4. The molecule has 2 aromatic heterocycles. The lowest BCUT2D eigenvalue weighted by Gasteiger charge is -2.33. The van der Waals surface area contributed by atoms with Gasteiger partial charge in [0.1, 0.15) is 0 Å². The SMILES string of the molecule is C=Cc1ccc(N(c2ccc(C3=CC4NC5=C(C=CC6C5=c5c(n7c8ccccc8c8cccc5c87)=CC6C)C4(C)C=C3)cc2)c2cccc3ccccc23)cc1. The Balaban J connectivity index is 0.944. The smallest absolute Gasteiger partial charge is 0.0620 e. The minimum absolute atomic E-state index is 0.135. The molecular formula is C54H41N3. The van der Waals surface area contributed by atoms with Crippen LogP contribution in [0.4, 0.5) is 17.1 Å². The highest BCUT2D eigenvalue weighted by Gasteiger charge is 2.46. The summed E-state index contributed by atoms with van der Waals surface area (Å²) in [6.45, 7) is 8.77. The van der Waals surface area contributed by atoms with Crippen molar-refractivity contribution in [1.29, 1.82) is 0 Å². The third-order valence-electron chi connectivity index (χ3n) is 13.4. The topological polar surface area (TPSA) is 19.7 Å². The Labute approximate surface area is 332 Å². The zero-order chi connectivity index (χ0) is 38.0. The second kappa shape index (κ2) is 11.8. The molecule has 0 saturated heterocycles. The van der Waals surface area contributed by atoms with Gasteiger partial charge in [0.25, 0.3) is 0 Å². The number of hydrogen-bond donors (Lipinski definition) is 1. The van der Waals surface area contributed by atoms with E-state index in [4.69, 9.17) is 0 Å². The van der Waals surface area contributed by atoms with Crippen molar-refractivity contribution in [1.82, 2.24) is 9.72 Å². The standard InChI is InChI=1S/C54H41N3/c1-4-34-19-23-38(24-20-34)56(46-18-9-12-36-11-5-6-13-41(36)46)39-25-21-35(22-26-39)37-29-30-54(3)45-28-27-40-33(2)31-48-50(51(40)52(45)55-49(54)32-37)44-16-10-15-43-42-14-7-8-17-47(42)57(48)53(43)44/h4-33,40,49,55H,1H2,2-3H3. The highest BCUT2D eigenvalue weighted by molar-refractivity contribution is 6.15. The fourth-order valence-electron chi connectivity index (χ4n) is 10.5. The maximum Gasteiger partial charge on any atom is 0.0620 e. The molecule has 4 atom stereocenters. The summed E-state index contributed by atoms with van der Waals surface area (Å²) in [4.78, 5) is 2.37. The number of benzene rings is 6. The summed E-state index contributed by atoms with van der Waals surface area (Å²) < 4.78 is 2.54. The van der Waals surface area contributed by atoms with Crippen molar-refractivity contribution < 1.29 is 0 Å². The Morgan fingerprint density at radius 1 is 0.719 bits per heavy atom. The van der Waals surface area contributed by atoms with E-state index in [0.717, 1.165) is 22.6 Å². The maximum atomic E-state index is 4.15. The van der Waals surface area contributed by atoms with Gasteiger partial charge in [-0.2, -0.15) is 0 Å². The fourth-order valence-corrected chi connectivity index (χ4v) is 10.5. The highest BCUT2D eigenvalue weighted by Crippen LogP contribution is 2.51. The first-order chi connectivity index (χ1) is 28.0. The van der Waals surface area contributed by atoms with Crippen LogP contribution in [0.2, 0.25) is 0 Å². The first kappa shape index (κ1) is 32.4. The summed E-state index contributed by atoms with van der Waals surface area (Å²) in [5.74, 6) is 0.697. The highest BCUT2D eigenvalue weighted by atomic mass is 15.1. The predicted octanol–water partition coefficient (Wildman–Crippen LogP) is 11.6. The number of fused-ring (bicyclic) bond motifs is 11. The second-order valence-corrected chi connectivity index (χ2v) is 16.5. The van der Waals surface area contributed by atoms with Gasteiger partial charge < -0.3 is 14.6 Å². The zero-order valence-electron chi connectivity index (χ0n) is 32.1. The largest absolute Gasteiger partial charge is 0.377 e. The molecule has 0 saturated carbocycles. The normalized spacial score (nSPS) is 22.0. The van der Waals surface area contributed by atoms with Crippen molar-refractivity contribution in [2.24, 2.45) is 17.3 Å². The molecule has 4 aliphatic rings. The minimum Gasteiger partial charge on any atom is -0.377 e. The van der Waals surface area contributed by atoms with Crippen LogP contribution in [-0.2, 0) is 0 Å². The summed E-state index contributed by atoms with van der Waals surface area (Å²) in [7, 11) is 0. The molecule has 0 fully saturated rings. The molecule has 8 aromatic rings. The van der Waals surface area contributed by atoms with Crippen molar-refractivity contribution in [2.75, 3.05) is 4.90 Å². The molecule has 1 aliphatic heterocycles. The van der Waals surface area contributed by atoms with Crippen molar-refractivity contribution in [3.05, 3.63) is 203 Å². The zero-order valence-corrected chi connectivity index (χ0v) is 32.1. The Morgan fingerprint density at radius 3 is 2.25 bits per heavy atom. The summed E-state index contributed by atoms with van der Waals surface area (Å²) >= 11 is 0. The van der Waals surface area contributed by atoms with E-state index in [2.05, 4.69) is 205 Å². The summed E-state index contributed by atoms with van der Waals surface area (Å²) in [5, 5.41) is 13.3. The van der Waals surface area contributed by atoms with E-state index in [9.17, 15) is 0 Å².